The number of carbonyl (C=O) groups excluding carboxylic acids is 2. The van der Waals surface area contributed by atoms with Crippen LogP contribution in [0.1, 0.15) is 33.3 Å². The van der Waals surface area contributed by atoms with Gasteiger partial charge in [0.2, 0.25) is 5.91 Å². The van der Waals surface area contributed by atoms with E-state index in [1.807, 2.05) is 45.0 Å². The van der Waals surface area contributed by atoms with Crippen molar-refractivity contribution in [3.05, 3.63) is 29.8 Å². The number of guanidine groups is 1. The molecule has 0 aliphatic rings. The number of hydrogen-bond donors (Lipinski definition) is 4. The number of amides is 2. The predicted octanol–water partition coefficient (Wildman–Crippen LogP) is 2.45. The van der Waals surface area contributed by atoms with Crippen LogP contribution in [0.4, 0.5) is 10.5 Å². The second kappa shape index (κ2) is 12.4. The van der Waals surface area contributed by atoms with Crippen molar-refractivity contribution >= 4 is 47.6 Å². The maximum absolute atomic E-state index is 11.6. The first-order valence-electron chi connectivity index (χ1n) is 8.47. The number of hydrogen-bond acceptors (Lipinski definition) is 4. The van der Waals surface area contributed by atoms with E-state index in [0.717, 1.165) is 11.3 Å². The summed E-state index contributed by atoms with van der Waals surface area (Å²) in [4.78, 5) is 26.8. The molecule has 4 N–H and O–H groups in total. The zero-order valence-electron chi connectivity index (χ0n) is 16.5. The molecule has 0 saturated carbocycles. The zero-order chi connectivity index (χ0) is 19.6. The van der Waals surface area contributed by atoms with Gasteiger partial charge in [-0.15, -0.1) is 24.0 Å². The van der Waals surface area contributed by atoms with Crippen molar-refractivity contribution in [3.63, 3.8) is 0 Å². The number of ether oxygens (including phenoxy) is 1. The topological polar surface area (TPSA) is 104 Å². The van der Waals surface area contributed by atoms with Crippen LogP contribution in [0, 0.1) is 0 Å². The van der Waals surface area contributed by atoms with Crippen LogP contribution in [0.3, 0.4) is 0 Å². The van der Waals surface area contributed by atoms with Crippen LogP contribution in [0.25, 0.3) is 0 Å². The van der Waals surface area contributed by atoms with Gasteiger partial charge in [0.15, 0.2) is 5.96 Å². The fraction of sp³-hybridized carbons (Fsp3) is 0.500. The van der Waals surface area contributed by atoms with Gasteiger partial charge in [-0.2, -0.15) is 0 Å². The number of benzene rings is 1. The summed E-state index contributed by atoms with van der Waals surface area (Å²) < 4.78 is 5.16. The van der Waals surface area contributed by atoms with Crippen LogP contribution in [-0.2, 0) is 16.1 Å². The normalized spacial score (nSPS) is 11.1. The van der Waals surface area contributed by atoms with E-state index in [-0.39, 0.29) is 29.9 Å². The summed E-state index contributed by atoms with van der Waals surface area (Å²) in [5.41, 5.74) is 1.24. The fourth-order valence-electron chi connectivity index (χ4n) is 2.03. The van der Waals surface area contributed by atoms with Crippen LogP contribution < -0.4 is 21.3 Å². The molecule has 152 valence electrons. The molecule has 9 heteroatoms. The average Bonchev–Trinajstić information content (AvgIpc) is 2.52. The molecule has 0 saturated heterocycles. The lowest BCUT2D eigenvalue weighted by Crippen LogP contribution is -2.42. The van der Waals surface area contributed by atoms with E-state index in [1.165, 1.54) is 6.92 Å². The third-order valence-corrected chi connectivity index (χ3v) is 3.02. The van der Waals surface area contributed by atoms with Crippen molar-refractivity contribution in [2.75, 3.05) is 25.5 Å². The van der Waals surface area contributed by atoms with Crippen LogP contribution in [0.2, 0.25) is 0 Å². The minimum absolute atomic E-state index is 0. The van der Waals surface area contributed by atoms with Gasteiger partial charge in [-0.1, -0.05) is 12.1 Å². The third kappa shape index (κ3) is 12.1. The first-order valence-corrected chi connectivity index (χ1v) is 8.47. The van der Waals surface area contributed by atoms with Gasteiger partial charge >= 0.3 is 6.09 Å². The smallest absolute Gasteiger partial charge is 0.407 e. The van der Waals surface area contributed by atoms with Gasteiger partial charge in [-0.25, -0.2) is 4.79 Å². The molecule has 2 amide bonds. The van der Waals surface area contributed by atoms with Gasteiger partial charge in [0, 0.05) is 39.3 Å². The molecule has 0 aliphatic heterocycles. The standard InChI is InChI=1S/C18H29N5O3.HI/c1-13(24)23-15-8-6-7-14(11-15)12-22-16(19-5)20-9-10-21-17(25)26-18(2,3)4;/h6-8,11H,9-10,12H2,1-5H3,(H,21,25)(H,23,24)(H2,19,20,22);1H. The summed E-state index contributed by atoms with van der Waals surface area (Å²) in [7, 11) is 1.67. The number of carbonyl (C=O) groups is 2. The van der Waals surface area contributed by atoms with E-state index in [0.29, 0.717) is 25.6 Å². The Hall–Kier alpha value is -2.04. The lowest BCUT2D eigenvalue weighted by atomic mass is 10.2. The van der Waals surface area contributed by atoms with Crippen molar-refractivity contribution in [2.24, 2.45) is 4.99 Å². The first-order chi connectivity index (χ1) is 12.2. The van der Waals surface area contributed by atoms with Gasteiger partial charge < -0.3 is 26.0 Å². The van der Waals surface area contributed by atoms with Gasteiger partial charge in [0.25, 0.3) is 0 Å². The van der Waals surface area contributed by atoms with Crippen molar-refractivity contribution in [2.45, 2.75) is 39.8 Å². The number of alkyl carbamates (subject to hydrolysis) is 1. The second-order valence-corrected chi connectivity index (χ2v) is 6.66. The van der Waals surface area contributed by atoms with Crippen molar-refractivity contribution in [1.29, 1.82) is 0 Å². The molecule has 0 aliphatic carbocycles. The fourth-order valence-corrected chi connectivity index (χ4v) is 2.03. The molecule has 0 heterocycles. The molecule has 0 aromatic heterocycles. The van der Waals surface area contributed by atoms with E-state index in [2.05, 4.69) is 26.3 Å². The highest BCUT2D eigenvalue weighted by Crippen LogP contribution is 2.10. The maximum atomic E-state index is 11.6. The monoisotopic (exact) mass is 491 g/mol. The summed E-state index contributed by atoms with van der Waals surface area (Å²) in [6, 6.07) is 7.56. The number of anilines is 1. The molecule has 1 aromatic carbocycles. The Morgan fingerprint density at radius 3 is 2.37 bits per heavy atom. The molecule has 1 rings (SSSR count). The predicted molar refractivity (Wildman–Crippen MR) is 119 cm³/mol. The highest BCUT2D eigenvalue weighted by atomic mass is 127. The van der Waals surface area contributed by atoms with E-state index in [1.54, 1.807) is 7.05 Å². The quantitative estimate of drug-likeness (QED) is 0.212. The largest absolute Gasteiger partial charge is 0.444 e. The van der Waals surface area contributed by atoms with Crippen LogP contribution in [0.5, 0.6) is 0 Å². The number of nitrogens with one attached hydrogen (secondary N) is 4. The highest BCUT2D eigenvalue weighted by molar-refractivity contribution is 14.0. The van der Waals surface area contributed by atoms with Gasteiger partial charge in [0.05, 0.1) is 0 Å². The summed E-state index contributed by atoms with van der Waals surface area (Å²) in [6.07, 6.45) is -0.447. The minimum atomic E-state index is -0.513. The Labute approximate surface area is 177 Å². The average molecular weight is 491 g/mol. The molecular formula is C18H30IN5O3. The van der Waals surface area contributed by atoms with Crippen molar-refractivity contribution in [1.82, 2.24) is 16.0 Å². The summed E-state index contributed by atoms with van der Waals surface area (Å²) in [6.45, 7) is 8.39. The molecule has 0 atom stereocenters. The summed E-state index contributed by atoms with van der Waals surface area (Å²) in [5.74, 6) is 0.506. The van der Waals surface area contributed by atoms with Crippen LogP contribution in [-0.4, -0.2) is 43.7 Å². The Morgan fingerprint density at radius 2 is 1.78 bits per heavy atom. The zero-order valence-corrected chi connectivity index (χ0v) is 18.8. The molecule has 0 bridgehead atoms. The van der Waals surface area contributed by atoms with E-state index >= 15 is 0 Å². The Bertz CT molecular complexity index is 644. The SMILES string of the molecule is CN=C(NCCNC(=O)OC(C)(C)C)NCc1cccc(NC(C)=O)c1.I. The molecule has 0 unspecified atom stereocenters. The summed E-state index contributed by atoms with van der Waals surface area (Å²) >= 11 is 0. The van der Waals surface area contributed by atoms with E-state index in [4.69, 9.17) is 4.74 Å². The lowest BCUT2D eigenvalue weighted by Gasteiger charge is -2.20. The third-order valence-electron chi connectivity index (χ3n) is 3.02. The van der Waals surface area contributed by atoms with E-state index < -0.39 is 11.7 Å². The molecule has 1 aromatic rings. The van der Waals surface area contributed by atoms with Gasteiger partial charge in [0.1, 0.15) is 5.60 Å². The van der Waals surface area contributed by atoms with Crippen LogP contribution in [0.15, 0.2) is 29.3 Å². The molecular weight excluding hydrogens is 461 g/mol. The molecule has 8 nitrogen and oxygen atoms in total. The van der Waals surface area contributed by atoms with Crippen molar-refractivity contribution < 1.29 is 14.3 Å². The van der Waals surface area contributed by atoms with Gasteiger partial charge in [-0.05, 0) is 38.5 Å². The Balaban J connectivity index is 0.00000676. The number of nitrogens with zero attached hydrogens (tertiary/aromatic N) is 1. The number of rotatable bonds is 6. The van der Waals surface area contributed by atoms with Crippen molar-refractivity contribution in [3.8, 4) is 0 Å². The van der Waals surface area contributed by atoms with Gasteiger partial charge in [-0.3, -0.25) is 9.79 Å². The Kier molecular flexibility index (Phi) is 11.4. The molecule has 0 fully saturated rings. The highest BCUT2D eigenvalue weighted by Gasteiger charge is 2.15. The Morgan fingerprint density at radius 1 is 1.11 bits per heavy atom. The number of aliphatic imine (C=N–C) groups is 1. The van der Waals surface area contributed by atoms with E-state index in [9.17, 15) is 9.59 Å². The maximum Gasteiger partial charge on any atom is 0.407 e. The summed E-state index contributed by atoms with van der Waals surface area (Å²) in [5, 5.41) is 11.7. The molecule has 27 heavy (non-hydrogen) atoms. The lowest BCUT2D eigenvalue weighted by molar-refractivity contribution is -0.114. The van der Waals surface area contributed by atoms with Crippen LogP contribution >= 0.6 is 24.0 Å². The first kappa shape index (κ1) is 25.0. The molecule has 0 spiro atoms. The molecule has 0 radical (unpaired) electrons. The minimum Gasteiger partial charge on any atom is -0.444 e. The number of halogens is 1. The second-order valence-electron chi connectivity index (χ2n) is 6.66.